The van der Waals surface area contributed by atoms with Crippen molar-refractivity contribution in [2.75, 3.05) is 19.4 Å². The Hall–Kier alpha value is -2.43. The number of carbonyl (C=O) groups is 1. The molecular weight excluding hydrogens is 252 g/mol. The van der Waals surface area contributed by atoms with E-state index in [9.17, 15) is 4.79 Å². The first-order valence-electron chi connectivity index (χ1n) is 6.41. The molecule has 1 aromatic carbocycles. The van der Waals surface area contributed by atoms with Gasteiger partial charge in [-0.15, -0.1) is 0 Å². The molecule has 0 aliphatic heterocycles. The monoisotopic (exact) mass is 270 g/mol. The van der Waals surface area contributed by atoms with Crippen LogP contribution in [0.5, 0.6) is 0 Å². The summed E-state index contributed by atoms with van der Waals surface area (Å²) < 4.78 is 0. The molecule has 2 aromatic rings. The molecule has 0 aliphatic carbocycles. The van der Waals surface area contributed by atoms with E-state index in [1.165, 1.54) is 11.8 Å². The van der Waals surface area contributed by atoms with Gasteiger partial charge in [0.2, 0.25) is 0 Å². The van der Waals surface area contributed by atoms with Crippen LogP contribution in [0.25, 0.3) is 0 Å². The van der Waals surface area contributed by atoms with Crippen LogP contribution in [0.3, 0.4) is 0 Å². The van der Waals surface area contributed by atoms with E-state index >= 15 is 0 Å². The molecule has 0 radical (unpaired) electrons. The molecule has 2 rings (SSSR count). The molecule has 0 atom stereocenters. The highest BCUT2D eigenvalue weighted by Gasteiger charge is 2.13. The van der Waals surface area contributed by atoms with Gasteiger partial charge in [-0.2, -0.15) is 0 Å². The zero-order valence-corrected chi connectivity index (χ0v) is 11.9. The van der Waals surface area contributed by atoms with E-state index in [2.05, 4.69) is 15.3 Å². The maximum absolute atomic E-state index is 12.2. The minimum absolute atomic E-state index is 0.138. The van der Waals surface area contributed by atoms with Crippen LogP contribution in [0.2, 0.25) is 0 Å². The average molecular weight is 270 g/mol. The summed E-state index contributed by atoms with van der Waals surface area (Å²) in [5, 5.41) is 2.87. The number of nitrogens with zero attached hydrogens (tertiary/aromatic N) is 3. The number of rotatable bonds is 4. The predicted molar refractivity (Wildman–Crippen MR) is 78.6 cm³/mol. The largest absolute Gasteiger partial charge is 0.372 e. The molecule has 1 amide bonds. The zero-order valence-electron chi connectivity index (χ0n) is 11.9. The summed E-state index contributed by atoms with van der Waals surface area (Å²) in [6.45, 7) is 2.59. The fourth-order valence-corrected chi connectivity index (χ4v) is 1.80. The summed E-state index contributed by atoms with van der Waals surface area (Å²) in [5.74, 6) is 0.503. The van der Waals surface area contributed by atoms with Crippen LogP contribution in [0.15, 0.2) is 36.7 Å². The van der Waals surface area contributed by atoms with Crippen molar-refractivity contribution in [3.8, 4) is 0 Å². The van der Waals surface area contributed by atoms with Crippen molar-refractivity contribution in [3.63, 3.8) is 0 Å². The Bertz CT molecular complexity index is 578. The zero-order chi connectivity index (χ0) is 14.5. The molecule has 0 spiro atoms. The second-order valence-electron chi connectivity index (χ2n) is 4.68. The highest BCUT2D eigenvalue weighted by atomic mass is 16.2. The molecule has 1 N–H and O–H groups in total. The first-order chi connectivity index (χ1) is 9.60. The first kappa shape index (κ1) is 14.0. The predicted octanol–water partition coefficient (Wildman–Crippen LogP) is 2.10. The maximum atomic E-state index is 12.2. The van der Waals surface area contributed by atoms with Crippen LogP contribution in [0.1, 0.15) is 21.6 Å². The van der Waals surface area contributed by atoms with Gasteiger partial charge in [-0.25, -0.2) is 9.97 Å². The maximum Gasteiger partial charge on any atom is 0.274 e. The van der Waals surface area contributed by atoms with E-state index in [4.69, 9.17) is 0 Å². The minimum atomic E-state index is -0.138. The summed E-state index contributed by atoms with van der Waals surface area (Å²) in [6, 6.07) is 8.12. The molecule has 1 aromatic heterocycles. The quantitative estimate of drug-likeness (QED) is 0.924. The van der Waals surface area contributed by atoms with Crippen LogP contribution >= 0.6 is 0 Å². The third-order valence-corrected chi connectivity index (χ3v) is 3.01. The van der Waals surface area contributed by atoms with Crippen molar-refractivity contribution >= 4 is 11.7 Å². The van der Waals surface area contributed by atoms with Gasteiger partial charge in [-0.05, 0) is 12.5 Å². The fraction of sp³-hybridized carbons (Fsp3) is 0.267. The summed E-state index contributed by atoms with van der Waals surface area (Å²) in [5.41, 5.74) is 2.64. The number of aromatic nitrogens is 2. The Morgan fingerprint density at radius 2 is 1.90 bits per heavy atom. The molecule has 0 saturated carbocycles. The Labute approximate surface area is 118 Å². The van der Waals surface area contributed by atoms with Gasteiger partial charge < -0.3 is 10.2 Å². The molecule has 0 unspecified atom stereocenters. The summed E-state index contributed by atoms with van der Waals surface area (Å²) >= 11 is 0. The van der Waals surface area contributed by atoms with E-state index in [0.717, 1.165) is 5.56 Å². The topological polar surface area (TPSA) is 58.1 Å². The molecule has 20 heavy (non-hydrogen) atoms. The van der Waals surface area contributed by atoms with Gasteiger partial charge in [0.1, 0.15) is 11.5 Å². The van der Waals surface area contributed by atoms with Crippen molar-refractivity contribution in [1.29, 1.82) is 0 Å². The second kappa shape index (κ2) is 6.14. The van der Waals surface area contributed by atoms with E-state index < -0.39 is 0 Å². The second-order valence-corrected chi connectivity index (χ2v) is 4.68. The lowest BCUT2D eigenvalue weighted by atomic mass is 10.1. The van der Waals surface area contributed by atoms with Gasteiger partial charge in [0.15, 0.2) is 0 Å². The highest BCUT2D eigenvalue weighted by molar-refractivity contribution is 5.91. The molecule has 5 nitrogen and oxygen atoms in total. The number of aryl methyl sites for hydroxylation is 1. The Morgan fingerprint density at radius 3 is 2.45 bits per heavy atom. The lowest BCUT2D eigenvalue weighted by Gasteiger charge is -2.16. The molecule has 0 aliphatic rings. The molecule has 104 valence electrons. The van der Waals surface area contributed by atoms with Gasteiger partial charge in [-0.3, -0.25) is 4.79 Å². The lowest BCUT2D eigenvalue weighted by molar-refractivity contribution is 0.0779. The van der Waals surface area contributed by atoms with Crippen molar-refractivity contribution in [2.45, 2.75) is 13.5 Å². The molecule has 0 bridgehead atoms. The van der Waals surface area contributed by atoms with Crippen LogP contribution in [0.4, 0.5) is 5.82 Å². The third kappa shape index (κ3) is 3.32. The smallest absolute Gasteiger partial charge is 0.274 e. The Balaban J connectivity index is 2.05. The van der Waals surface area contributed by atoms with E-state index in [-0.39, 0.29) is 5.91 Å². The Kier molecular flexibility index (Phi) is 4.30. The van der Waals surface area contributed by atoms with Crippen LogP contribution in [-0.4, -0.2) is 34.9 Å². The number of anilines is 1. The highest BCUT2D eigenvalue weighted by Crippen LogP contribution is 2.09. The first-order valence-corrected chi connectivity index (χ1v) is 6.41. The number of hydrogen-bond donors (Lipinski definition) is 1. The molecule has 5 heteroatoms. The van der Waals surface area contributed by atoms with Gasteiger partial charge in [-0.1, -0.05) is 29.8 Å². The standard InChI is InChI=1S/C15H18N4O/c1-11-4-6-12(7-5-11)10-19(3)15(20)13-8-18-14(16-2)9-17-13/h4-9H,10H2,1-3H3,(H,16,18). The number of benzene rings is 1. The summed E-state index contributed by atoms with van der Waals surface area (Å²) in [7, 11) is 3.52. The normalized spacial score (nSPS) is 10.2. The van der Waals surface area contributed by atoms with Gasteiger partial charge in [0.05, 0.1) is 12.4 Å². The van der Waals surface area contributed by atoms with Crippen molar-refractivity contribution in [1.82, 2.24) is 14.9 Å². The van der Waals surface area contributed by atoms with Gasteiger partial charge in [0.25, 0.3) is 5.91 Å². The van der Waals surface area contributed by atoms with E-state index in [1.807, 2.05) is 31.2 Å². The number of hydrogen-bond acceptors (Lipinski definition) is 4. The molecule has 0 saturated heterocycles. The van der Waals surface area contributed by atoms with Crippen LogP contribution < -0.4 is 5.32 Å². The minimum Gasteiger partial charge on any atom is -0.372 e. The molecule has 1 heterocycles. The van der Waals surface area contributed by atoms with Crippen LogP contribution in [0, 0.1) is 6.92 Å². The molecule has 0 fully saturated rings. The van der Waals surface area contributed by atoms with Crippen LogP contribution in [-0.2, 0) is 6.54 Å². The number of amides is 1. The fourth-order valence-electron chi connectivity index (χ4n) is 1.80. The SMILES string of the molecule is CNc1cnc(C(=O)N(C)Cc2ccc(C)cc2)cn1. The Morgan fingerprint density at radius 1 is 1.20 bits per heavy atom. The lowest BCUT2D eigenvalue weighted by Crippen LogP contribution is -2.27. The number of carbonyl (C=O) groups excluding carboxylic acids is 1. The van der Waals surface area contributed by atoms with Crippen molar-refractivity contribution in [3.05, 3.63) is 53.5 Å². The summed E-state index contributed by atoms with van der Waals surface area (Å²) in [4.78, 5) is 22.1. The molecular formula is C15H18N4O. The van der Waals surface area contributed by atoms with E-state index in [1.54, 1.807) is 25.2 Å². The van der Waals surface area contributed by atoms with Gasteiger partial charge in [0, 0.05) is 20.6 Å². The summed E-state index contributed by atoms with van der Waals surface area (Å²) in [6.07, 6.45) is 3.03. The average Bonchev–Trinajstić information content (AvgIpc) is 2.49. The van der Waals surface area contributed by atoms with E-state index in [0.29, 0.717) is 18.1 Å². The van der Waals surface area contributed by atoms with Gasteiger partial charge >= 0.3 is 0 Å². The third-order valence-electron chi connectivity index (χ3n) is 3.01. The van der Waals surface area contributed by atoms with Crippen molar-refractivity contribution < 1.29 is 4.79 Å². The van der Waals surface area contributed by atoms with Crippen molar-refractivity contribution in [2.24, 2.45) is 0 Å². The number of nitrogens with one attached hydrogen (secondary N) is 1.